The summed E-state index contributed by atoms with van der Waals surface area (Å²) < 4.78 is 8.88. The molecule has 0 aromatic rings. The van der Waals surface area contributed by atoms with E-state index in [-0.39, 0.29) is 0 Å². The van der Waals surface area contributed by atoms with Crippen molar-refractivity contribution in [2.24, 2.45) is 5.92 Å². The van der Waals surface area contributed by atoms with Crippen LogP contribution in [0.1, 0.15) is 33.1 Å². The number of rotatable bonds is 1. The minimum atomic E-state index is -4.64. The van der Waals surface area contributed by atoms with Crippen LogP contribution in [-0.2, 0) is 4.57 Å². The van der Waals surface area contributed by atoms with Crippen LogP contribution in [-0.4, -0.2) is 14.7 Å². The average Bonchev–Trinajstić information content (AvgIpc) is 2.01. The predicted octanol–water partition coefficient (Wildman–Crippen LogP) is 2.38. The predicted molar refractivity (Wildman–Crippen MR) is 60.2 cm³/mol. The molecule has 0 fully saturated rings. The van der Waals surface area contributed by atoms with E-state index >= 15 is 0 Å². The second kappa shape index (κ2) is 6.23. The molecule has 5 heteroatoms. The first-order valence-corrected chi connectivity index (χ1v) is 6.36. The molecule has 0 radical (unpaired) electrons. The Labute approximate surface area is 90.6 Å². The van der Waals surface area contributed by atoms with Gasteiger partial charge in [-0.25, -0.2) is 4.57 Å². The van der Waals surface area contributed by atoms with E-state index in [9.17, 15) is 0 Å². The van der Waals surface area contributed by atoms with Gasteiger partial charge in [-0.1, -0.05) is 23.8 Å². The molecule has 0 aromatic heterocycles. The van der Waals surface area contributed by atoms with E-state index in [1.54, 1.807) is 5.57 Å². The summed E-state index contributed by atoms with van der Waals surface area (Å²) in [6.07, 6.45) is 6.17. The fourth-order valence-electron chi connectivity index (χ4n) is 1.41. The summed E-state index contributed by atoms with van der Waals surface area (Å²) in [5, 5.41) is 0. The van der Waals surface area contributed by atoms with Gasteiger partial charge >= 0.3 is 7.82 Å². The van der Waals surface area contributed by atoms with Crippen molar-refractivity contribution in [3.8, 4) is 0 Å². The van der Waals surface area contributed by atoms with Crippen molar-refractivity contribution in [1.29, 1.82) is 0 Å². The maximum atomic E-state index is 8.88. The highest BCUT2D eigenvalue weighted by atomic mass is 31.2. The minimum absolute atomic E-state index is 0.767. The first-order valence-electron chi connectivity index (χ1n) is 4.79. The lowest BCUT2D eigenvalue weighted by atomic mass is 9.86. The lowest BCUT2D eigenvalue weighted by Gasteiger charge is -2.19. The maximum absolute atomic E-state index is 8.88. The Hall–Kier alpha value is -0.410. The second-order valence-electron chi connectivity index (χ2n) is 3.88. The molecule has 0 aliphatic heterocycles. The molecule has 1 rings (SSSR count). The standard InChI is InChI=1S/C10H16.H3O4P/c1-8(2)10-6-4-9(3)5-7-10;1-5(2,3)4/h4,10H,1,5-7H2,2-3H3;(H3,1,2,3,4). The molecule has 0 saturated carbocycles. The Morgan fingerprint density at radius 3 is 2.27 bits per heavy atom. The number of allylic oxidation sites excluding steroid dienone is 3. The topological polar surface area (TPSA) is 77.8 Å². The van der Waals surface area contributed by atoms with E-state index in [2.05, 4.69) is 26.5 Å². The van der Waals surface area contributed by atoms with E-state index in [1.165, 1.54) is 24.8 Å². The molecule has 1 aliphatic rings. The van der Waals surface area contributed by atoms with Crippen molar-refractivity contribution in [2.45, 2.75) is 33.1 Å². The zero-order chi connectivity index (χ0) is 12.1. The van der Waals surface area contributed by atoms with E-state index in [4.69, 9.17) is 19.2 Å². The van der Waals surface area contributed by atoms with Gasteiger partial charge in [0.05, 0.1) is 0 Å². The molecule has 4 nitrogen and oxygen atoms in total. The molecule has 0 saturated heterocycles. The highest BCUT2D eigenvalue weighted by molar-refractivity contribution is 7.45. The zero-order valence-electron chi connectivity index (χ0n) is 9.18. The van der Waals surface area contributed by atoms with Gasteiger partial charge in [-0.2, -0.15) is 0 Å². The van der Waals surface area contributed by atoms with Gasteiger partial charge < -0.3 is 14.7 Å². The van der Waals surface area contributed by atoms with Crippen LogP contribution in [0.2, 0.25) is 0 Å². The number of phosphoric acid groups is 1. The van der Waals surface area contributed by atoms with Gasteiger partial charge in [0.25, 0.3) is 0 Å². The van der Waals surface area contributed by atoms with Crippen LogP contribution < -0.4 is 0 Å². The lowest BCUT2D eigenvalue weighted by molar-refractivity contribution is 0.275. The molecular weight excluding hydrogens is 215 g/mol. The maximum Gasteiger partial charge on any atom is 0.466 e. The Balaban J connectivity index is 0.000000336. The third-order valence-electron chi connectivity index (χ3n) is 2.33. The summed E-state index contributed by atoms with van der Waals surface area (Å²) in [4.78, 5) is 21.6. The van der Waals surface area contributed by atoms with Crippen LogP contribution in [0.3, 0.4) is 0 Å². The van der Waals surface area contributed by atoms with Gasteiger partial charge in [-0.15, -0.1) is 0 Å². The molecule has 3 N–H and O–H groups in total. The number of hydrogen-bond acceptors (Lipinski definition) is 1. The normalized spacial score (nSPS) is 21.1. The van der Waals surface area contributed by atoms with Gasteiger partial charge in [0, 0.05) is 0 Å². The monoisotopic (exact) mass is 234 g/mol. The first-order chi connectivity index (χ1) is 6.70. The molecule has 0 aromatic carbocycles. The lowest BCUT2D eigenvalue weighted by Crippen LogP contribution is -2.04. The van der Waals surface area contributed by atoms with Crippen molar-refractivity contribution in [2.75, 3.05) is 0 Å². The molecule has 88 valence electrons. The Bertz CT molecular complexity index is 282. The molecule has 1 aliphatic carbocycles. The molecular formula is C10H19O4P. The van der Waals surface area contributed by atoms with E-state index in [0.717, 1.165) is 5.92 Å². The van der Waals surface area contributed by atoms with Crippen molar-refractivity contribution in [3.05, 3.63) is 23.8 Å². The van der Waals surface area contributed by atoms with Crippen LogP contribution in [0.15, 0.2) is 23.8 Å². The van der Waals surface area contributed by atoms with Gasteiger partial charge in [0.15, 0.2) is 0 Å². The molecule has 0 bridgehead atoms. The fourth-order valence-corrected chi connectivity index (χ4v) is 1.41. The Morgan fingerprint density at radius 1 is 1.53 bits per heavy atom. The Morgan fingerprint density at radius 2 is 2.00 bits per heavy atom. The molecule has 15 heavy (non-hydrogen) atoms. The Kier molecular flexibility index (Phi) is 6.06. The third kappa shape index (κ3) is 9.88. The van der Waals surface area contributed by atoms with Crippen molar-refractivity contribution < 1.29 is 19.2 Å². The SMILES string of the molecule is C=C(C)C1CC=C(C)CC1.O=P(O)(O)O. The summed E-state index contributed by atoms with van der Waals surface area (Å²) in [5.74, 6) is 0.767. The average molecular weight is 234 g/mol. The van der Waals surface area contributed by atoms with Gasteiger partial charge in [-0.05, 0) is 39.0 Å². The van der Waals surface area contributed by atoms with Gasteiger partial charge in [0.2, 0.25) is 0 Å². The van der Waals surface area contributed by atoms with Crippen LogP contribution in [0, 0.1) is 5.92 Å². The summed E-state index contributed by atoms with van der Waals surface area (Å²) in [6.45, 7) is 8.33. The van der Waals surface area contributed by atoms with Crippen LogP contribution in [0.25, 0.3) is 0 Å². The smallest absolute Gasteiger partial charge is 0.303 e. The summed E-state index contributed by atoms with van der Waals surface area (Å²) in [6, 6.07) is 0. The van der Waals surface area contributed by atoms with Gasteiger partial charge in [-0.3, -0.25) is 0 Å². The minimum Gasteiger partial charge on any atom is -0.303 e. The van der Waals surface area contributed by atoms with E-state index in [1.807, 2.05) is 0 Å². The van der Waals surface area contributed by atoms with Crippen molar-refractivity contribution >= 4 is 7.82 Å². The fraction of sp³-hybridized carbons (Fsp3) is 0.600. The van der Waals surface area contributed by atoms with E-state index in [0.29, 0.717) is 0 Å². The zero-order valence-corrected chi connectivity index (χ0v) is 10.1. The van der Waals surface area contributed by atoms with Crippen LogP contribution in [0.4, 0.5) is 0 Å². The molecule has 1 unspecified atom stereocenters. The highest BCUT2D eigenvalue weighted by Gasteiger charge is 2.11. The highest BCUT2D eigenvalue weighted by Crippen LogP contribution is 2.27. The summed E-state index contributed by atoms with van der Waals surface area (Å²) >= 11 is 0. The molecule has 0 heterocycles. The van der Waals surface area contributed by atoms with Crippen molar-refractivity contribution in [1.82, 2.24) is 0 Å². The van der Waals surface area contributed by atoms with E-state index < -0.39 is 7.82 Å². The molecule has 0 amide bonds. The quantitative estimate of drug-likeness (QED) is 0.481. The summed E-state index contributed by atoms with van der Waals surface area (Å²) in [7, 11) is -4.64. The number of hydrogen-bond donors (Lipinski definition) is 3. The van der Waals surface area contributed by atoms with Crippen LogP contribution in [0.5, 0.6) is 0 Å². The first kappa shape index (κ1) is 14.6. The third-order valence-corrected chi connectivity index (χ3v) is 2.33. The molecule has 1 atom stereocenters. The largest absolute Gasteiger partial charge is 0.466 e. The summed E-state index contributed by atoms with van der Waals surface area (Å²) in [5.41, 5.74) is 2.90. The molecule has 0 spiro atoms. The van der Waals surface area contributed by atoms with Crippen LogP contribution >= 0.6 is 7.82 Å². The van der Waals surface area contributed by atoms with Gasteiger partial charge in [0.1, 0.15) is 0 Å². The second-order valence-corrected chi connectivity index (χ2v) is 4.91. The van der Waals surface area contributed by atoms with Crippen molar-refractivity contribution in [3.63, 3.8) is 0 Å².